The second kappa shape index (κ2) is 6.01. The first kappa shape index (κ1) is 15.3. The average molecular weight is 334 g/mol. The molecule has 0 aliphatic heterocycles. The molecule has 0 spiro atoms. The first-order valence-corrected chi connectivity index (χ1v) is 8.15. The van der Waals surface area contributed by atoms with Crippen molar-refractivity contribution in [3.8, 4) is 0 Å². The highest BCUT2D eigenvalue weighted by Crippen LogP contribution is 2.13. The van der Waals surface area contributed by atoms with E-state index in [9.17, 15) is 4.79 Å². The van der Waals surface area contributed by atoms with Crippen molar-refractivity contribution >= 4 is 22.6 Å². The smallest absolute Gasteiger partial charge is 0.255 e. The van der Waals surface area contributed by atoms with Crippen LogP contribution in [0.4, 0.5) is 0 Å². The summed E-state index contributed by atoms with van der Waals surface area (Å²) in [6, 6.07) is 9.68. The molecule has 0 radical (unpaired) electrons. The fourth-order valence-electron chi connectivity index (χ4n) is 2.89. The molecular formula is C18H18N6O. The highest BCUT2D eigenvalue weighted by molar-refractivity contribution is 5.99. The van der Waals surface area contributed by atoms with Crippen molar-refractivity contribution in [3.05, 3.63) is 59.3 Å². The van der Waals surface area contributed by atoms with E-state index in [0.717, 1.165) is 22.7 Å². The SMILES string of the molecule is Cc1ccc2nc(CCNC(=O)c3cccn4c(C)nnc34)[nH]c2c1. The first-order valence-electron chi connectivity index (χ1n) is 8.15. The molecule has 7 nitrogen and oxygen atoms in total. The number of nitrogens with one attached hydrogen (secondary N) is 2. The fourth-order valence-corrected chi connectivity index (χ4v) is 2.89. The quantitative estimate of drug-likeness (QED) is 0.599. The summed E-state index contributed by atoms with van der Waals surface area (Å²) in [5.41, 5.74) is 4.23. The number of hydrogen-bond donors (Lipinski definition) is 2. The molecule has 0 saturated heterocycles. The minimum Gasteiger partial charge on any atom is -0.351 e. The summed E-state index contributed by atoms with van der Waals surface area (Å²) in [7, 11) is 0. The third-order valence-electron chi connectivity index (χ3n) is 4.18. The van der Waals surface area contributed by atoms with Crippen molar-refractivity contribution in [1.82, 2.24) is 29.9 Å². The molecule has 126 valence electrons. The zero-order chi connectivity index (χ0) is 17.4. The molecule has 0 fully saturated rings. The van der Waals surface area contributed by atoms with Gasteiger partial charge in [-0.15, -0.1) is 10.2 Å². The summed E-state index contributed by atoms with van der Waals surface area (Å²) < 4.78 is 1.80. The van der Waals surface area contributed by atoms with Gasteiger partial charge < -0.3 is 10.3 Å². The molecular weight excluding hydrogens is 316 g/mol. The number of fused-ring (bicyclic) bond motifs is 2. The Kier molecular flexibility index (Phi) is 3.68. The number of carbonyl (C=O) groups excluding carboxylic acids is 1. The molecule has 0 unspecified atom stereocenters. The van der Waals surface area contributed by atoms with E-state index in [4.69, 9.17) is 0 Å². The third-order valence-corrected chi connectivity index (χ3v) is 4.18. The maximum absolute atomic E-state index is 12.5. The van der Waals surface area contributed by atoms with Crippen LogP contribution in [0.25, 0.3) is 16.7 Å². The summed E-state index contributed by atoms with van der Waals surface area (Å²) in [6.45, 7) is 4.39. The minimum absolute atomic E-state index is 0.162. The van der Waals surface area contributed by atoms with Crippen LogP contribution in [0.3, 0.4) is 0 Å². The number of amides is 1. The Morgan fingerprint density at radius 2 is 2.12 bits per heavy atom. The summed E-state index contributed by atoms with van der Waals surface area (Å²) in [4.78, 5) is 20.3. The number of imidazole rings is 1. The highest BCUT2D eigenvalue weighted by Gasteiger charge is 2.13. The van der Waals surface area contributed by atoms with Crippen molar-refractivity contribution in [2.75, 3.05) is 6.54 Å². The summed E-state index contributed by atoms with van der Waals surface area (Å²) in [5, 5.41) is 11.0. The monoisotopic (exact) mass is 334 g/mol. The molecule has 4 aromatic rings. The van der Waals surface area contributed by atoms with E-state index in [-0.39, 0.29) is 5.91 Å². The second-order valence-corrected chi connectivity index (χ2v) is 6.07. The van der Waals surface area contributed by atoms with Gasteiger partial charge in [0.2, 0.25) is 0 Å². The van der Waals surface area contributed by atoms with Crippen molar-refractivity contribution in [2.24, 2.45) is 0 Å². The normalized spacial score (nSPS) is 11.3. The first-order chi connectivity index (χ1) is 12.1. The van der Waals surface area contributed by atoms with E-state index >= 15 is 0 Å². The van der Waals surface area contributed by atoms with Crippen LogP contribution in [-0.2, 0) is 6.42 Å². The van der Waals surface area contributed by atoms with Gasteiger partial charge in [0.25, 0.3) is 5.91 Å². The van der Waals surface area contributed by atoms with Crippen molar-refractivity contribution in [2.45, 2.75) is 20.3 Å². The van der Waals surface area contributed by atoms with E-state index < -0.39 is 0 Å². The number of aromatic nitrogens is 5. The topological polar surface area (TPSA) is 88.0 Å². The zero-order valence-corrected chi connectivity index (χ0v) is 14.1. The van der Waals surface area contributed by atoms with Crippen molar-refractivity contribution in [1.29, 1.82) is 0 Å². The molecule has 0 saturated carbocycles. The van der Waals surface area contributed by atoms with Crippen LogP contribution >= 0.6 is 0 Å². The predicted octanol–water partition coefficient (Wildman–Crippen LogP) is 2.19. The molecule has 7 heteroatoms. The van der Waals surface area contributed by atoms with Crippen LogP contribution in [0.2, 0.25) is 0 Å². The van der Waals surface area contributed by atoms with Gasteiger partial charge in [0.1, 0.15) is 11.6 Å². The largest absolute Gasteiger partial charge is 0.351 e. The zero-order valence-electron chi connectivity index (χ0n) is 14.1. The summed E-state index contributed by atoms with van der Waals surface area (Å²) in [5.74, 6) is 1.45. The van der Waals surface area contributed by atoms with Gasteiger partial charge in [-0.2, -0.15) is 0 Å². The Bertz CT molecular complexity index is 1080. The molecule has 1 aromatic carbocycles. The van der Waals surface area contributed by atoms with Crippen LogP contribution in [0.15, 0.2) is 36.5 Å². The van der Waals surface area contributed by atoms with Crippen molar-refractivity contribution in [3.63, 3.8) is 0 Å². The number of hydrogen-bond acceptors (Lipinski definition) is 4. The Hall–Kier alpha value is -3.22. The number of rotatable bonds is 4. The lowest BCUT2D eigenvalue weighted by Crippen LogP contribution is -2.26. The number of H-pyrrole nitrogens is 1. The predicted molar refractivity (Wildman–Crippen MR) is 94.6 cm³/mol. The number of benzene rings is 1. The maximum atomic E-state index is 12.5. The van der Waals surface area contributed by atoms with Crippen LogP contribution in [0, 0.1) is 13.8 Å². The van der Waals surface area contributed by atoms with Crippen LogP contribution in [0.1, 0.15) is 27.6 Å². The standard InChI is InChI=1S/C18H18N6O/c1-11-5-6-14-15(10-11)21-16(20-14)7-8-19-18(25)13-4-3-9-24-12(2)22-23-17(13)24/h3-6,9-10H,7-8H2,1-2H3,(H,19,25)(H,20,21). The van der Waals surface area contributed by atoms with Gasteiger partial charge in [0.05, 0.1) is 16.6 Å². The lowest BCUT2D eigenvalue weighted by Gasteiger charge is -2.05. The summed E-state index contributed by atoms with van der Waals surface area (Å²) in [6.07, 6.45) is 2.48. The van der Waals surface area contributed by atoms with Crippen LogP contribution in [0.5, 0.6) is 0 Å². The molecule has 1 amide bonds. The average Bonchev–Trinajstić information content (AvgIpc) is 3.17. The molecule has 0 bridgehead atoms. The Labute approximate surface area is 144 Å². The Morgan fingerprint density at radius 3 is 3.00 bits per heavy atom. The number of aryl methyl sites for hydroxylation is 2. The van der Waals surface area contributed by atoms with Crippen LogP contribution in [-0.4, -0.2) is 37.0 Å². The fraction of sp³-hybridized carbons (Fsp3) is 0.222. The number of aromatic amines is 1. The molecule has 3 heterocycles. The van der Waals surface area contributed by atoms with Crippen LogP contribution < -0.4 is 5.32 Å². The van der Waals surface area contributed by atoms with E-state index in [2.05, 4.69) is 31.5 Å². The van der Waals surface area contributed by atoms with Gasteiger partial charge in [0.15, 0.2) is 5.65 Å². The van der Waals surface area contributed by atoms with Gasteiger partial charge in [-0.05, 0) is 43.7 Å². The molecule has 0 aliphatic carbocycles. The highest BCUT2D eigenvalue weighted by atomic mass is 16.1. The van der Waals surface area contributed by atoms with E-state index in [1.807, 2.05) is 38.2 Å². The molecule has 0 atom stereocenters. The Morgan fingerprint density at radius 1 is 1.24 bits per heavy atom. The van der Waals surface area contributed by atoms with Gasteiger partial charge in [-0.25, -0.2) is 4.98 Å². The maximum Gasteiger partial charge on any atom is 0.255 e. The lowest BCUT2D eigenvalue weighted by atomic mass is 10.2. The lowest BCUT2D eigenvalue weighted by molar-refractivity contribution is 0.0955. The van der Waals surface area contributed by atoms with E-state index in [1.54, 1.807) is 10.5 Å². The molecule has 2 N–H and O–H groups in total. The number of pyridine rings is 1. The third kappa shape index (κ3) is 2.84. The van der Waals surface area contributed by atoms with E-state index in [0.29, 0.717) is 24.2 Å². The number of nitrogens with zero attached hydrogens (tertiary/aromatic N) is 4. The Balaban J connectivity index is 1.46. The van der Waals surface area contributed by atoms with E-state index in [1.165, 1.54) is 5.56 Å². The van der Waals surface area contributed by atoms with Gasteiger partial charge >= 0.3 is 0 Å². The van der Waals surface area contributed by atoms with Gasteiger partial charge in [-0.1, -0.05) is 6.07 Å². The number of carbonyl (C=O) groups is 1. The molecule has 25 heavy (non-hydrogen) atoms. The van der Waals surface area contributed by atoms with Crippen molar-refractivity contribution < 1.29 is 4.79 Å². The molecule has 3 aromatic heterocycles. The van der Waals surface area contributed by atoms with Gasteiger partial charge in [-0.3, -0.25) is 9.20 Å². The summed E-state index contributed by atoms with van der Waals surface area (Å²) >= 11 is 0. The van der Waals surface area contributed by atoms with Gasteiger partial charge in [0, 0.05) is 19.2 Å². The minimum atomic E-state index is -0.162. The molecule has 4 rings (SSSR count). The second-order valence-electron chi connectivity index (χ2n) is 6.07. The molecule has 0 aliphatic rings.